The molecule has 0 atom stereocenters. The summed E-state index contributed by atoms with van der Waals surface area (Å²) in [6.45, 7) is 2.78. The van der Waals surface area contributed by atoms with E-state index in [1.54, 1.807) is 12.3 Å². The zero-order valence-corrected chi connectivity index (χ0v) is 14.6. The molecular formula is C19H24FN5. The molecule has 1 saturated carbocycles. The van der Waals surface area contributed by atoms with Crippen LogP contribution in [-0.2, 0) is 6.54 Å². The molecule has 3 heterocycles. The Balaban J connectivity index is 1.34. The van der Waals surface area contributed by atoms with Crippen LogP contribution in [0.25, 0.3) is 0 Å². The maximum atomic E-state index is 13.3. The molecule has 0 radical (unpaired) electrons. The smallest absolute Gasteiger partial charge is 0.141 e. The maximum absolute atomic E-state index is 13.3. The maximum Gasteiger partial charge on any atom is 0.141 e. The van der Waals surface area contributed by atoms with Crippen molar-refractivity contribution < 1.29 is 4.39 Å². The first-order valence-electron chi connectivity index (χ1n) is 9.06. The molecule has 2 aliphatic rings. The molecule has 0 spiro atoms. The van der Waals surface area contributed by atoms with E-state index in [1.165, 1.54) is 19.0 Å². The number of likely N-dealkylation sites (tertiary alicyclic amines) is 1. The lowest BCUT2D eigenvalue weighted by Crippen LogP contribution is -2.43. The van der Waals surface area contributed by atoms with E-state index in [0.29, 0.717) is 12.0 Å². The van der Waals surface area contributed by atoms with E-state index in [1.807, 2.05) is 12.3 Å². The van der Waals surface area contributed by atoms with Crippen molar-refractivity contribution in [3.8, 4) is 0 Å². The van der Waals surface area contributed by atoms with Gasteiger partial charge in [0.25, 0.3) is 0 Å². The molecule has 0 N–H and O–H groups in total. The Bertz CT molecular complexity index is 725. The second kappa shape index (κ2) is 7.04. The Morgan fingerprint density at radius 1 is 1.20 bits per heavy atom. The van der Waals surface area contributed by atoms with Crippen LogP contribution in [0.5, 0.6) is 0 Å². The highest BCUT2D eigenvalue weighted by Gasteiger charge is 2.28. The number of halogens is 1. The average molecular weight is 341 g/mol. The Labute approximate surface area is 147 Å². The van der Waals surface area contributed by atoms with Crippen molar-refractivity contribution in [3.63, 3.8) is 0 Å². The fourth-order valence-electron chi connectivity index (χ4n) is 3.55. The minimum absolute atomic E-state index is 0.262. The van der Waals surface area contributed by atoms with E-state index < -0.39 is 0 Å². The van der Waals surface area contributed by atoms with Gasteiger partial charge in [-0.05, 0) is 43.4 Å². The third-order valence-corrected chi connectivity index (χ3v) is 5.24. The zero-order valence-electron chi connectivity index (χ0n) is 14.6. The zero-order chi connectivity index (χ0) is 17.2. The second-order valence-corrected chi connectivity index (χ2v) is 7.18. The van der Waals surface area contributed by atoms with Gasteiger partial charge in [-0.3, -0.25) is 9.88 Å². The molecule has 5 nitrogen and oxygen atoms in total. The summed E-state index contributed by atoms with van der Waals surface area (Å²) in [5, 5.41) is 0. The van der Waals surface area contributed by atoms with Gasteiger partial charge in [-0.1, -0.05) is 0 Å². The topological polar surface area (TPSA) is 45.2 Å². The van der Waals surface area contributed by atoms with Gasteiger partial charge in [-0.2, -0.15) is 0 Å². The van der Waals surface area contributed by atoms with E-state index in [0.717, 1.165) is 49.7 Å². The molecule has 0 aromatic carbocycles. The van der Waals surface area contributed by atoms with Crippen LogP contribution in [0.3, 0.4) is 0 Å². The first-order chi connectivity index (χ1) is 12.2. The Morgan fingerprint density at radius 3 is 2.72 bits per heavy atom. The van der Waals surface area contributed by atoms with E-state index in [4.69, 9.17) is 4.98 Å². The van der Waals surface area contributed by atoms with Gasteiger partial charge in [-0.25, -0.2) is 14.4 Å². The van der Waals surface area contributed by atoms with Gasteiger partial charge in [0, 0.05) is 51.0 Å². The van der Waals surface area contributed by atoms with Crippen LogP contribution in [0.2, 0.25) is 0 Å². The van der Waals surface area contributed by atoms with Crippen molar-refractivity contribution in [2.24, 2.45) is 0 Å². The van der Waals surface area contributed by atoms with Crippen LogP contribution in [-0.4, -0.2) is 46.0 Å². The van der Waals surface area contributed by atoms with Crippen LogP contribution in [0, 0.1) is 5.82 Å². The van der Waals surface area contributed by atoms with Crippen molar-refractivity contribution >= 4 is 5.82 Å². The standard InChI is InChI=1S/C19H24FN5/c1-24(18-4-7-22-19(23-18)15-2-3-15)17-5-8-25(9-6-17)13-14-10-16(20)12-21-11-14/h4,7,10-12,15,17H,2-3,5-6,8-9,13H2,1H3. The van der Waals surface area contributed by atoms with E-state index in [9.17, 15) is 4.39 Å². The van der Waals surface area contributed by atoms with Gasteiger partial charge in [-0.15, -0.1) is 0 Å². The molecule has 1 aliphatic heterocycles. The highest BCUT2D eigenvalue weighted by atomic mass is 19.1. The number of anilines is 1. The van der Waals surface area contributed by atoms with Crippen molar-refractivity contribution in [1.82, 2.24) is 19.9 Å². The third-order valence-electron chi connectivity index (χ3n) is 5.24. The summed E-state index contributed by atoms with van der Waals surface area (Å²) in [5.74, 6) is 2.35. The Morgan fingerprint density at radius 2 is 2.00 bits per heavy atom. The predicted molar refractivity (Wildman–Crippen MR) is 94.9 cm³/mol. The molecule has 6 heteroatoms. The molecule has 25 heavy (non-hydrogen) atoms. The molecule has 1 aliphatic carbocycles. The second-order valence-electron chi connectivity index (χ2n) is 7.18. The molecule has 0 amide bonds. The number of hydrogen-bond donors (Lipinski definition) is 0. The number of rotatable bonds is 5. The van der Waals surface area contributed by atoms with Gasteiger partial charge >= 0.3 is 0 Å². The lowest BCUT2D eigenvalue weighted by Gasteiger charge is -2.37. The number of piperidine rings is 1. The van der Waals surface area contributed by atoms with Crippen LogP contribution in [0.15, 0.2) is 30.7 Å². The average Bonchev–Trinajstić information content (AvgIpc) is 3.47. The molecule has 132 valence electrons. The third kappa shape index (κ3) is 3.95. The fourth-order valence-corrected chi connectivity index (χ4v) is 3.55. The summed E-state index contributed by atoms with van der Waals surface area (Å²) < 4.78 is 13.3. The number of aromatic nitrogens is 3. The van der Waals surface area contributed by atoms with E-state index in [-0.39, 0.29) is 5.82 Å². The molecule has 2 fully saturated rings. The van der Waals surface area contributed by atoms with Crippen LogP contribution < -0.4 is 4.90 Å². The summed E-state index contributed by atoms with van der Waals surface area (Å²) in [6, 6.07) is 4.08. The minimum atomic E-state index is -0.262. The molecule has 2 aromatic rings. The van der Waals surface area contributed by atoms with Crippen molar-refractivity contribution in [3.05, 3.63) is 47.9 Å². The highest BCUT2D eigenvalue weighted by Crippen LogP contribution is 2.38. The highest BCUT2D eigenvalue weighted by molar-refractivity contribution is 5.38. The van der Waals surface area contributed by atoms with Gasteiger partial charge < -0.3 is 4.90 Å². The molecule has 4 rings (SSSR count). The summed E-state index contributed by atoms with van der Waals surface area (Å²) in [5.41, 5.74) is 0.941. The monoisotopic (exact) mass is 341 g/mol. The Hall–Kier alpha value is -2.08. The van der Waals surface area contributed by atoms with Crippen molar-refractivity contribution in [2.75, 3.05) is 25.0 Å². The van der Waals surface area contributed by atoms with Gasteiger partial charge in [0.1, 0.15) is 17.5 Å². The summed E-state index contributed by atoms with van der Waals surface area (Å²) >= 11 is 0. The van der Waals surface area contributed by atoms with Crippen LogP contribution >= 0.6 is 0 Å². The Kier molecular flexibility index (Phi) is 4.61. The number of hydrogen-bond acceptors (Lipinski definition) is 5. The summed E-state index contributed by atoms with van der Waals surface area (Å²) in [4.78, 5) is 17.8. The predicted octanol–water partition coefficient (Wildman–Crippen LogP) is 2.99. The van der Waals surface area contributed by atoms with Crippen LogP contribution in [0.4, 0.5) is 10.2 Å². The van der Waals surface area contributed by atoms with E-state index in [2.05, 4.69) is 26.8 Å². The number of nitrogens with zero attached hydrogens (tertiary/aromatic N) is 5. The largest absolute Gasteiger partial charge is 0.356 e. The lowest BCUT2D eigenvalue weighted by atomic mass is 10.0. The first-order valence-corrected chi connectivity index (χ1v) is 9.06. The van der Waals surface area contributed by atoms with Gasteiger partial charge in [0.2, 0.25) is 0 Å². The minimum Gasteiger partial charge on any atom is -0.356 e. The SMILES string of the molecule is CN(c1ccnc(C2CC2)n1)C1CCN(Cc2cncc(F)c2)CC1. The molecule has 1 saturated heterocycles. The first kappa shape index (κ1) is 16.4. The van der Waals surface area contributed by atoms with Crippen molar-refractivity contribution in [1.29, 1.82) is 0 Å². The molecule has 0 unspecified atom stereocenters. The van der Waals surface area contributed by atoms with Crippen LogP contribution in [0.1, 0.15) is 43.0 Å². The fraction of sp³-hybridized carbons (Fsp3) is 0.526. The molecule has 2 aromatic heterocycles. The molecular weight excluding hydrogens is 317 g/mol. The lowest BCUT2D eigenvalue weighted by molar-refractivity contribution is 0.202. The summed E-state index contributed by atoms with van der Waals surface area (Å²) in [7, 11) is 2.13. The number of pyridine rings is 1. The normalized spacial score (nSPS) is 19.1. The van der Waals surface area contributed by atoms with Gasteiger partial charge in [0.05, 0.1) is 6.20 Å². The summed E-state index contributed by atoms with van der Waals surface area (Å²) in [6.07, 6.45) is 9.51. The van der Waals surface area contributed by atoms with Gasteiger partial charge in [0.15, 0.2) is 0 Å². The van der Waals surface area contributed by atoms with E-state index >= 15 is 0 Å². The quantitative estimate of drug-likeness (QED) is 0.837. The molecule has 0 bridgehead atoms. The van der Waals surface area contributed by atoms with Crippen molar-refractivity contribution in [2.45, 2.75) is 44.2 Å².